The molecular weight excluding hydrogens is 328 g/mol. The average Bonchev–Trinajstić information content (AvgIpc) is 3.26. The van der Waals surface area contributed by atoms with E-state index in [2.05, 4.69) is 15.6 Å². The molecule has 3 aromatic rings. The van der Waals surface area contributed by atoms with Crippen LogP contribution in [0, 0.1) is 13.8 Å². The molecule has 25 heavy (non-hydrogen) atoms. The number of amides is 1. The van der Waals surface area contributed by atoms with Crippen LogP contribution in [0.25, 0.3) is 0 Å². The van der Waals surface area contributed by atoms with E-state index >= 15 is 0 Å². The molecule has 3 rings (SSSR count). The third-order valence-electron chi connectivity index (χ3n) is 3.49. The SMILES string of the molecule is Cc1cnn(Cc2cc(C(=O)NCc3cc(C(=O)O)c(C)o3)no2)c1. The normalized spacial score (nSPS) is 10.8. The van der Waals surface area contributed by atoms with Crippen molar-refractivity contribution in [3.63, 3.8) is 0 Å². The summed E-state index contributed by atoms with van der Waals surface area (Å²) in [7, 11) is 0. The summed E-state index contributed by atoms with van der Waals surface area (Å²) in [5.74, 6) is -0.393. The van der Waals surface area contributed by atoms with Crippen LogP contribution in [0.4, 0.5) is 0 Å². The monoisotopic (exact) mass is 344 g/mol. The maximum absolute atomic E-state index is 12.1. The first-order chi connectivity index (χ1) is 11.9. The molecule has 9 heteroatoms. The number of aromatic nitrogens is 3. The molecule has 1 amide bonds. The number of furan rings is 1. The summed E-state index contributed by atoms with van der Waals surface area (Å²) in [6.07, 6.45) is 3.57. The van der Waals surface area contributed by atoms with Crippen LogP contribution in [0.5, 0.6) is 0 Å². The predicted octanol–water partition coefficient (Wildman–Crippen LogP) is 1.76. The van der Waals surface area contributed by atoms with E-state index in [0.717, 1.165) is 5.56 Å². The number of rotatable bonds is 6. The van der Waals surface area contributed by atoms with E-state index in [1.54, 1.807) is 17.8 Å². The molecule has 0 aromatic carbocycles. The average molecular weight is 344 g/mol. The Balaban J connectivity index is 1.60. The van der Waals surface area contributed by atoms with Gasteiger partial charge in [0.05, 0.1) is 12.7 Å². The van der Waals surface area contributed by atoms with Crippen LogP contribution >= 0.6 is 0 Å². The summed E-state index contributed by atoms with van der Waals surface area (Å²) in [4.78, 5) is 23.1. The minimum absolute atomic E-state index is 0.0491. The van der Waals surface area contributed by atoms with Gasteiger partial charge in [0.25, 0.3) is 5.91 Å². The third kappa shape index (κ3) is 3.77. The summed E-state index contributed by atoms with van der Waals surface area (Å²) in [6, 6.07) is 2.91. The molecule has 0 aliphatic heterocycles. The van der Waals surface area contributed by atoms with Crippen LogP contribution in [0.3, 0.4) is 0 Å². The first-order valence-corrected chi connectivity index (χ1v) is 7.48. The van der Waals surface area contributed by atoms with E-state index in [-0.39, 0.29) is 23.6 Å². The van der Waals surface area contributed by atoms with Crippen molar-refractivity contribution < 1.29 is 23.6 Å². The quantitative estimate of drug-likeness (QED) is 0.698. The van der Waals surface area contributed by atoms with Gasteiger partial charge in [0.2, 0.25) is 0 Å². The van der Waals surface area contributed by atoms with E-state index in [0.29, 0.717) is 18.1 Å². The first-order valence-electron chi connectivity index (χ1n) is 7.48. The zero-order valence-electron chi connectivity index (χ0n) is 13.6. The Labute approximate surface area is 142 Å². The van der Waals surface area contributed by atoms with Gasteiger partial charge in [0.15, 0.2) is 11.5 Å². The van der Waals surface area contributed by atoms with Gasteiger partial charge in [0.1, 0.15) is 23.6 Å². The summed E-state index contributed by atoms with van der Waals surface area (Å²) in [6.45, 7) is 3.89. The fourth-order valence-corrected chi connectivity index (χ4v) is 2.31. The van der Waals surface area contributed by atoms with Crippen molar-refractivity contribution in [2.75, 3.05) is 0 Å². The van der Waals surface area contributed by atoms with Crippen molar-refractivity contribution in [2.45, 2.75) is 26.9 Å². The van der Waals surface area contributed by atoms with Crippen LogP contribution in [0.2, 0.25) is 0 Å². The van der Waals surface area contributed by atoms with Crippen molar-refractivity contribution in [3.05, 3.63) is 58.6 Å². The fraction of sp³-hybridized carbons (Fsp3) is 0.250. The highest BCUT2D eigenvalue weighted by Crippen LogP contribution is 2.14. The highest BCUT2D eigenvalue weighted by atomic mass is 16.5. The van der Waals surface area contributed by atoms with Crippen molar-refractivity contribution in [1.29, 1.82) is 0 Å². The second kappa shape index (κ2) is 6.63. The fourth-order valence-electron chi connectivity index (χ4n) is 2.31. The molecule has 3 heterocycles. The van der Waals surface area contributed by atoms with Gasteiger partial charge in [0, 0.05) is 12.3 Å². The van der Waals surface area contributed by atoms with Gasteiger partial charge in [-0.2, -0.15) is 5.10 Å². The summed E-state index contributed by atoms with van der Waals surface area (Å²) >= 11 is 0. The van der Waals surface area contributed by atoms with Crippen molar-refractivity contribution in [1.82, 2.24) is 20.3 Å². The number of aryl methyl sites for hydroxylation is 2. The van der Waals surface area contributed by atoms with Crippen LogP contribution in [-0.4, -0.2) is 31.9 Å². The number of carbonyl (C=O) groups is 2. The molecule has 0 aliphatic carbocycles. The lowest BCUT2D eigenvalue weighted by Gasteiger charge is -1.99. The summed E-state index contributed by atoms with van der Waals surface area (Å²) < 4.78 is 12.1. The topological polar surface area (TPSA) is 123 Å². The molecule has 0 radical (unpaired) electrons. The van der Waals surface area contributed by atoms with E-state index in [9.17, 15) is 9.59 Å². The molecule has 130 valence electrons. The highest BCUT2D eigenvalue weighted by molar-refractivity contribution is 5.92. The second-order valence-electron chi connectivity index (χ2n) is 5.56. The van der Waals surface area contributed by atoms with Crippen LogP contribution in [-0.2, 0) is 13.1 Å². The number of hydrogen-bond acceptors (Lipinski definition) is 6. The number of aromatic carboxylic acids is 1. The Morgan fingerprint density at radius 1 is 1.28 bits per heavy atom. The Kier molecular flexibility index (Phi) is 4.38. The first kappa shape index (κ1) is 16.5. The lowest BCUT2D eigenvalue weighted by atomic mass is 10.2. The minimum atomic E-state index is -1.08. The number of carboxylic acids is 1. The smallest absolute Gasteiger partial charge is 0.339 e. The molecular formula is C16H16N4O5. The standard InChI is InChI=1S/C16H16N4O5/c1-9-5-18-20(7-9)8-12-4-14(19-25-12)15(21)17-6-11-3-13(16(22)23)10(2)24-11/h3-5,7H,6,8H2,1-2H3,(H,17,21)(H,22,23). The molecule has 3 aromatic heterocycles. The molecule has 0 saturated heterocycles. The maximum atomic E-state index is 12.1. The summed E-state index contributed by atoms with van der Waals surface area (Å²) in [5, 5.41) is 19.5. The van der Waals surface area contributed by atoms with E-state index < -0.39 is 11.9 Å². The van der Waals surface area contributed by atoms with Crippen molar-refractivity contribution in [2.24, 2.45) is 0 Å². The highest BCUT2D eigenvalue weighted by Gasteiger charge is 2.16. The van der Waals surface area contributed by atoms with Crippen LogP contribution < -0.4 is 5.32 Å². The minimum Gasteiger partial charge on any atom is -0.478 e. The molecule has 0 unspecified atom stereocenters. The van der Waals surface area contributed by atoms with Gasteiger partial charge in [-0.25, -0.2) is 4.79 Å². The lowest BCUT2D eigenvalue weighted by Crippen LogP contribution is -2.22. The molecule has 9 nitrogen and oxygen atoms in total. The largest absolute Gasteiger partial charge is 0.478 e. The molecule has 0 aliphatic rings. The number of hydrogen-bond donors (Lipinski definition) is 2. The van der Waals surface area contributed by atoms with Gasteiger partial charge in [-0.15, -0.1) is 0 Å². The van der Waals surface area contributed by atoms with E-state index in [1.165, 1.54) is 12.1 Å². The van der Waals surface area contributed by atoms with Gasteiger partial charge in [-0.05, 0) is 25.5 Å². The van der Waals surface area contributed by atoms with Crippen molar-refractivity contribution in [3.8, 4) is 0 Å². The number of nitrogens with zero attached hydrogens (tertiary/aromatic N) is 3. The Hall–Kier alpha value is -3.36. The molecule has 0 spiro atoms. The molecule has 0 fully saturated rings. The van der Waals surface area contributed by atoms with Gasteiger partial charge in [-0.3, -0.25) is 9.48 Å². The Morgan fingerprint density at radius 2 is 2.08 bits per heavy atom. The molecule has 0 bridgehead atoms. The maximum Gasteiger partial charge on any atom is 0.339 e. The second-order valence-corrected chi connectivity index (χ2v) is 5.56. The molecule has 0 saturated carbocycles. The zero-order valence-corrected chi connectivity index (χ0v) is 13.6. The van der Waals surface area contributed by atoms with Gasteiger partial charge in [-0.1, -0.05) is 5.16 Å². The molecule has 0 atom stereocenters. The molecule has 2 N–H and O–H groups in total. The lowest BCUT2D eigenvalue weighted by molar-refractivity contribution is 0.0694. The number of nitrogens with one attached hydrogen (secondary N) is 1. The number of carbonyl (C=O) groups excluding carboxylic acids is 1. The van der Waals surface area contributed by atoms with E-state index in [4.69, 9.17) is 14.0 Å². The van der Waals surface area contributed by atoms with Crippen LogP contribution in [0.1, 0.15) is 43.7 Å². The zero-order chi connectivity index (χ0) is 18.0. The van der Waals surface area contributed by atoms with Gasteiger partial charge >= 0.3 is 5.97 Å². The van der Waals surface area contributed by atoms with Gasteiger partial charge < -0.3 is 19.4 Å². The number of carboxylic acid groups (broad SMARTS) is 1. The third-order valence-corrected chi connectivity index (χ3v) is 3.49. The Bertz CT molecular complexity index is 921. The van der Waals surface area contributed by atoms with Crippen molar-refractivity contribution >= 4 is 11.9 Å². The van der Waals surface area contributed by atoms with E-state index in [1.807, 2.05) is 13.1 Å². The Morgan fingerprint density at radius 3 is 2.72 bits per heavy atom. The van der Waals surface area contributed by atoms with Crippen LogP contribution in [0.15, 0.2) is 33.5 Å². The predicted molar refractivity (Wildman–Crippen MR) is 84.1 cm³/mol. The summed E-state index contributed by atoms with van der Waals surface area (Å²) in [5.41, 5.74) is 1.22.